The second-order valence-electron chi connectivity index (χ2n) is 7.20. The van der Waals surface area contributed by atoms with Crippen LogP contribution in [-0.4, -0.2) is 33.7 Å². The van der Waals surface area contributed by atoms with Gasteiger partial charge in [-0.1, -0.05) is 37.3 Å². The van der Waals surface area contributed by atoms with E-state index in [1.165, 1.54) is 57.8 Å². The van der Waals surface area contributed by atoms with E-state index in [1.54, 1.807) is 0 Å². The van der Waals surface area contributed by atoms with Gasteiger partial charge in [0, 0.05) is 24.7 Å². The van der Waals surface area contributed by atoms with E-state index in [0.717, 1.165) is 12.4 Å². The average Bonchev–Trinajstić information content (AvgIpc) is 2.83. The standard InChI is InChI=1S/C18H28ClN5S/c1-13-8-6-7-11-24(13)16-12-15(19)21-17(22-16)23-18(25)20-14-9-4-2-3-5-10-14/h12-14H,2-11H2,1H3,(H2,20,21,22,23,25). The van der Waals surface area contributed by atoms with Crippen LogP contribution in [0.15, 0.2) is 6.07 Å². The van der Waals surface area contributed by atoms with Crippen molar-refractivity contribution >= 4 is 40.7 Å². The molecule has 2 N–H and O–H groups in total. The minimum Gasteiger partial charge on any atom is -0.360 e. The van der Waals surface area contributed by atoms with Crippen LogP contribution >= 0.6 is 23.8 Å². The number of hydrogen-bond donors (Lipinski definition) is 2. The maximum absolute atomic E-state index is 6.23. The highest BCUT2D eigenvalue weighted by atomic mass is 35.5. The summed E-state index contributed by atoms with van der Waals surface area (Å²) in [5, 5.41) is 7.59. The molecule has 0 radical (unpaired) electrons. The molecule has 2 fully saturated rings. The molecule has 5 nitrogen and oxygen atoms in total. The lowest BCUT2D eigenvalue weighted by molar-refractivity contribution is 0.481. The zero-order valence-corrected chi connectivity index (χ0v) is 16.5. The van der Waals surface area contributed by atoms with Crippen LogP contribution in [0.2, 0.25) is 5.15 Å². The molecule has 0 amide bonds. The molecule has 7 heteroatoms. The van der Waals surface area contributed by atoms with Gasteiger partial charge in [-0.2, -0.15) is 4.98 Å². The normalized spacial score (nSPS) is 22.3. The van der Waals surface area contributed by atoms with Crippen molar-refractivity contribution in [3.05, 3.63) is 11.2 Å². The van der Waals surface area contributed by atoms with Gasteiger partial charge in [-0.15, -0.1) is 0 Å². The number of hydrogen-bond acceptors (Lipinski definition) is 4. The van der Waals surface area contributed by atoms with Crippen LogP contribution in [0.25, 0.3) is 0 Å². The first-order valence-corrected chi connectivity index (χ1v) is 10.3. The fraction of sp³-hybridized carbons (Fsp3) is 0.722. The van der Waals surface area contributed by atoms with Crippen molar-refractivity contribution in [1.29, 1.82) is 0 Å². The summed E-state index contributed by atoms with van der Waals surface area (Å²) in [4.78, 5) is 11.3. The first-order chi connectivity index (χ1) is 12.1. The summed E-state index contributed by atoms with van der Waals surface area (Å²) in [7, 11) is 0. The third-order valence-corrected chi connectivity index (χ3v) is 5.61. The predicted molar refractivity (Wildman–Crippen MR) is 109 cm³/mol. The molecule has 138 valence electrons. The Kier molecular flexibility index (Phi) is 6.70. The zero-order chi connectivity index (χ0) is 17.6. The van der Waals surface area contributed by atoms with Crippen molar-refractivity contribution in [2.24, 2.45) is 0 Å². The van der Waals surface area contributed by atoms with Gasteiger partial charge in [0.1, 0.15) is 11.0 Å². The van der Waals surface area contributed by atoms with E-state index < -0.39 is 0 Å². The Morgan fingerprint density at radius 1 is 1.12 bits per heavy atom. The zero-order valence-electron chi connectivity index (χ0n) is 14.9. The minimum absolute atomic E-state index is 0.447. The summed E-state index contributed by atoms with van der Waals surface area (Å²) in [6.45, 7) is 3.25. The lowest BCUT2D eigenvalue weighted by atomic mass is 10.0. The number of aromatic nitrogens is 2. The summed E-state index contributed by atoms with van der Waals surface area (Å²) in [6, 6.07) is 2.77. The van der Waals surface area contributed by atoms with E-state index in [1.807, 2.05) is 6.07 Å². The maximum Gasteiger partial charge on any atom is 0.232 e. The van der Waals surface area contributed by atoms with Crippen molar-refractivity contribution in [1.82, 2.24) is 15.3 Å². The largest absolute Gasteiger partial charge is 0.360 e. The Morgan fingerprint density at radius 2 is 1.84 bits per heavy atom. The molecule has 25 heavy (non-hydrogen) atoms. The van der Waals surface area contributed by atoms with Gasteiger partial charge in [0.05, 0.1) is 0 Å². The van der Waals surface area contributed by atoms with Gasteiger partial charge in [-0.05, 0) is 51.2 Å². The van der Waals surface area contributed by atoms with E-state index in [4.69, 9.17) is 23.8 Å². The van der Waals surface area contributed by atoms with Crippen molar-refractivity contribution in [2.45, 2.75) is 76.8 Å². The van der Waals surface area contributed by atoms with Crippen LogP contribution in [0, 0.1) is 0 Å². The number of halogens is 1. The predicted octanol–water partition coefficient (Wildman–Crippen LogP) is 4.52. The van der Waals surface area contributed by atoms with E-state index in [-0.39, 0.29) is 0 Å². The molecule has 1 saturated heterocycles. The molecular weight excluding hydrogens is 354 g/mol. The third kappa shape index (κ3) is 5.42. The SMILES string of the molecule is CC1CCCCN1c1cc(Cl)nc(NC(=S)NC2CCCCCC2)n1. The monoisotopic (exact) mass is 381 g/mol. The van der Waals surface area contributed by atoms with Crippen molar-refractivity contribution in [2.75, 3.05) is 16.8 Å². The number of thiocarbonyl (C=S) groups is 1. The van der Waals surface area contributed by atoms with Crippen LogP contribution in [0.5, 0.6) is 0 Å². The molecule has 0 bridgehead atoms. The fourth-order valence-corrected chi connectivity index (χ4v) is 4.23. The number of anilines is 2. The molecule has 2 aliphatic rings. The van der Waals surface area contributed by atoms with Gasteiger partial charge in [-0.25, -0.2) is 4.98 Å². The van der Waals surface area contributed by atoms with E-state index in [9.17, 15) is 0 Å². The van der Waals surface area contributed by atoms with Crippen LogP contribution in [0.4, 0.5) is 11.8 Å². The van der Waals surface area contributed by atoms with E-state index in [2.05, 4.69) is 32.4 Å². The second kappa shape index (κ2) is 8.99. The molecule has 1 atom stereocenters. The third-order valence-electron chi connectivity index (χ3n) is 5.19. The molecule has 1 aromatic rings. The van der Waals surface area contributed by atoms with Gasteiger partial charge in [0.2, 0.25) is 5.95 Å². The van der Waals surface area contributed by atoms with Gasteiger partial charge >= 0.3 is 0 Å². The Labute approximate surface area is 160 Å². The van der Waals surface area contributed by atoms with E-state index in [0.29, 0.717) is 28.3 Å². The molecule has 1 aliphatic carbocycles. The highest BCUT2D eigenvalue weighted by Gasteiger charge is 2.21. The molecule has 1 aromatic heterocycles. The summed E-state index contributed by atoms with van der Waals surface area (Å²) >= 11 is 11.7. The van der Waals surface area contributed by atoms with Crippen LogP contribution in [0.1, 0.15) is 64.7 Å². The smallest absolute Gasteiger partial charge is 0.232 e. The molecule has 2 heterocycles. The Bertz CT molecular complexity index is 589. The van der Waals surface area contributed by atoms with Crippen molar-refractivity contribution < 1.29 is 0 Å². The fourth-order valence-electron chi connectivity index (χ4n) is 3.79. The lowest BCUT2D eigenvalue weighted by Crippen LogP contribution is -2.39. The molecule has 0 spiro atoms. The molecule has 3 rings (SSSR count). The van der Waals surface area contributed by atoms with Gasteiger partial charge in [0.25, 0.3) is 0 Å². The Morgan fingerprint density at radius 3 is 2.56 bits per heavy atom. The molecule has 1 unspecified atom stereocenters. The van der Waals surface area contributed by atoms with Crippen LogP contribution < -0.4 is 15.5 Å². The molecular formula is C18H28ClN5S. The molecule has 0 aromatic carbocycles. The molecule has 1 aliphatic heterocycles. The summed E-state index contributed by atoms with van der Waals surface area (Å²) in [5.41, 5.74) is 0. The average molecular weight is 382 g/mol. The summed E-state index contributed by atoms with van der Waals surface area (Å²) < 4.78 is 0. The van der Waals surface area contributed by atoms with Crippen LogP contribution in [-0.2, 0) is 0 Å². The lowest BCUT2D eigenvalue weighted by Gasteiger charge is -2.34. The Balaban J connectivity index is 1.64. The summed E-state index contributed by atoms with van der Waals surface area (Å²) in [6.07, 6.45) is 11.2. The molecule has 1 saturated carbocycles. The van der Waals surface area contributed by atoms with Crippen molar-refractivity contribution in [3.63, 3.8) is 0 Å². The Hall–Kier alpha value is -1.14. The quantitative estimate of drug-likeness (QED) is 0.456. The number of nitrogens with zero attached hydrogens (tertiary/aromatic N) is 3. The summed E-state index contributed by atoms with van der Waals surface area (Å²) in [5.74, 6) is 1.36. The van der Waals surface area contributed by atoms with E-state index >= 15 is 0 Å². The highest BCUT2D eigenvalue weighted by Crippen LogP contribution is 2.25. The topological polar surface area (TPSA) is 53.1 Å². The maximum atomic E-state index is 6.23. The minimum atomic E-state index is 0.447. The van der Waals surface area contributed by atoms with Gasteiger partial charge in [0.15, 0.2) is 5.11 Å². The van der Waals surface area contributed by atoms with Gasteiger partial charge in [-0.3, -0.25) is 0 Å². The number of nitrogens with one attached hydrogen (secondary N) is 2. The first kappa shape index (κ1) is 18.6. The van der Waals surface area contributed by atoms with Crippen molar-refractivity contribution in [3.8, 4) is 0 Å². The first-order valence-electron chi connectivity index (χ1n) is 9.50. The second-order valence-corrected chi connectivity index (χ2v) is 7.99. The highest BCUT2D eigenvalue weighted by molar-refractivity contribution is 7.80. The number of rotatable bonds is 3. The number of piperidine rings is 1. The van der Waals surface area contributed by atoms with Crippen LogP contribution in [0.3, 0.4) is 0 Å². The van der Waals surface area contributed by atoms with Gasteiger partial charge < -0.3 is 15.5 Å².